The van der Waals surface area contributed by atoms with Crippen LogP contribution in [0, 0.1) is 17.7 Å². The second-order valence-electron chi connectivity index (χ2n) is 6.80. The predicted octanol–water partition coefficient (Wildman–Crippen LogP) is 3.01. The van der Waals surface area contributed by atoms with Crippen LogP contribution < -0.4 is 0 Å². The van der Waals surface area contributed by atoms with Crippen molar-refractivity contribution in [3.63, 3.8) is 0 Å². The number of hydrogen-bond donors (Lipinski definition) is 0. The smallest absolute Gasteiger partial charge is 0.228 e. The molecule has 1 amide bonds. The Hall–Kier alpha value is -1.46. The van der Waals surface area contributed by atoms with Gasteiger partial charge in [0.25, 0.3) is 0 Å². The van der Waals surface area contributed by atoms with Crippen LogP contribution in [0.4, 0.5) is 4.39 Å². The van der Waals surface area contributed by atoms with Crippen molar-refractivity contribution in [2.75, 3.05) is 32.9 Å². The number of carbonyl (C=O) groups is 1. The molecule has 3 rings (SSSR count). The quantitative estimate of drug-likeness (QED) is 0.750. The first kappa shape index (κ1) is 17.4. The summed E-state index contributed by atoms with van der Waals surface area (Å²) < 4.78 is 23.8. The van der Waals surface area contributed by atoms with Gasteiger partial charge in [0, 0.05) is 26.3 Å². The highest BCUT2D eigenvalue weighted by Gasteiger charge is 2.30. The number of halogens is 1. The van der Waals surface area contributed by atoms with E-state index < -0.39 is 0 Å². The van der Waals surface area contributed by atoms with E-state index in [1.54, 1.807) is 12.1 Å². The van der Waals surface area contributed by atoms with E-state index in [-0.39, 0.29) is 17.6 Å². The van der Waals surface area contributed by atoms with Gasteiger partial charge < -0.3 is 14.4 Å². The number of nitrogens with zero attached hydrogens (tertiary/aromatic N) is 1. The van der Waals surface area contributed by atoms with Gasteiger partial charge in [-0.2, -0.15) is 0 Å². The molecule has 24 heavy (non-hydrogen) atoms. The fourth-order valence-electron chi connectivity index (χ4n) is 3.45. The zero-order chi connectivity index (χ0) is 16.8. The zero-order valence-corrected chi connectivity index (χ0v) is 14.1. The van der Waals surface area contributed by atoms with E-state index in [9.17, 15) is 9.18 Å². The molecule has 2 aliphatic heterocycles. The molecule has 1 atom stereocenters. The molecular weight excluding hydrogens is 309 g/mol. The molecule has 4 nitrogen and oxygen atoms in total. The van der Waals surface area contributed by atoms with Crippen LogP contribution in [0.2, 0.25) is 0 Å². The molecule has 0 saturated carbocycles. The summed E-state index contributed by atoms with van der Waals surface area (Å²) in [6.07, 6.45) is 4.00. The molecular formula is C19H26FNO3. The average molecular weight is 335 g/mol. The summed E-state index contributed by atoms with van der Waals surface area (Å²) in [5, 5.41) is 0. The Kier molecular flexibility index (Phi) is 6.21. The fraction of sp³-hybridized carbons (Fsp3) is 0.632. The van der Waals surface area contributed by atoms with Crippen LogP contribution in [0.15, 0.2) is 24.3 Å². The number of ether oxygens (including phenoxy) is 2. The summed E-state index contributed by atoms with van der Waals surface area (Å²) in [7, 11) is 0. The lowest BCUT2D eigenvalue weighted by atomic mass is 9.93. The van der Waals surface area contributed by atoms with E-state index in [0.29, 0.717) is 25.7 Å². The molecule has 0 N–H and O–H groups in total. The van der Waals surface area contributed by atoms with Crippen LogP contribution in [-0.4, -0.2) is 43.7 Å². The second kappa shape index (κ2) is 8.58. The SMILES string of the molecule is O=C([C@H]1CCOC1)N1CCC(CCOCc2ccc(F)cc2)CC1. The van der Waals surface area contributed by atoms with Gasteiger partial charge in [-0.05, 0) is 49.3 Å². The fourth-order valence-corrected chi connectivity index (χ4v) is 3.45. The molecule has 5 heteroatoms. The zero-order valence-electron chi connectivity index (χ0n) is 14.1. The molecule has 0 bridgehead atoms. The molecule has 132 valence electrons. The molecule has 2 saturated heterocycles. The molecule has 2 aliphatic rings. The maximum Gasteiger partial charge on any atom is 0.228 e. The van der Waals surface area contributed by atoms with Crippen LogP contribution in [0.25, 0.3) is 0 Å². The Morgan fingerprint density at radius 3 is 2.62 bits per heavy atom. The van der Waals surface area contributed by atoms with Crippen LogP contribution in [0.5, 0.6) is 0 Å². The van der Waals surface area contributed by atoms with Gasteiger partial charge >= 0.3 is 0 Å². The summed E-state index contributed by atoms with van der Waals surface area (Å²) >= 11 is 0. The topological polar surface area (TPSA) is 38.8 Å². The lowest BCUT2D eigenvalue weighted by Crippen LogP contribution is -2.42. The Balaban J connectivity index is 1.31. The Labute approximate surface area is 142 Å². The van der Waals surface area contributed by atoms with Crippen LogP contribution in [-0.2, 0) is 20.9 Å². The first-order valence-electron chi connectivity index (χ1n) is 8.91. The highest BCUT2D eigenvalue weighted by Crippen LogP contribution is 2.24. The molecule has 2 fully saturated rings. The highest BCUT2D eigenvalue weighted by molar-refractivity contribution is 5.79. The minimum atomic E-state index is -0.218. The minimum absolute atomic E-state index is 0.0839. The van der Waals surface area contributed by atoms with Crippen molar-refractivity contribution in [3.05, 3.63) is 35.6 Å². The van der Waals surface area contributed by atoms with E-state index in [1.807, 2.05) is 4.90 Å². The number of likely N-dealkylation sites (tertiary alicyclic amines) is 1. The molecule has 1 aromatic carbocycles. The normalized spacial score (nSPS) is 22.0. The van der Waals surface area contributed by atoms with Gasteiger partial charge in [0.05, 0.1) is 19.1 Å². The van der Waals surface area contributed by atoms with Crippen molar-refractivity contribution in [3.8, 4) is 0 Å². The lowest BCUT2D eigenvalue weighted by Gasteiger charge is -2.33. The third kappa shape index (κ3) is 4.77. The number of benzene rings is 1. The summed E-state index contributed by atoms with van der Waals surface area (Å²) in [5.74, 6) is 0.769. The number of rotatable bonds is 6. The van der Waals surface area contributed by atoms with Gasteiger partial charge in [-0.25, -0.2) is 4.39 Å². The van der Waals surface area contributed by atoms with Crippen molar-refractivity contribution in [2.24, 2.45) is 11.8 Å². The van der Waals surface area contributed by atoms with E-state index >= 15 is 0 Å². The Bertz CT molecular complexity index is 520. The van der Waals surface area contributed by atoms with Gasteiger partial charge in [0.15, 0.2) is 0 Å². The maximum absolute atomic E-state index is 12.8. The second-order valence-corrected chi connectivity index (χ2v) is 6.80. The maximum atomic E-state index is 12.8. The Morgan fingerprint density at radius 1 is 1.21 bits per heavy atom. The first-order valence-corrected chi connectivity index (χ1v) is 8.91. The van der Waals surface area contributed by atoms with Crippen molar-refractivity contribution in [1.29, 1.82) is 0 Å². The molecule has 1 aromatic rings. The van der Waals surface area contributed by atoms with Crippen molar-refractivity contribution >= 4 is 5.91 Å². The van der Waals surface area contributed by atoms with Gasteiger partial charge in [-0.1, -0.05) is 12.1 Å². The summed E-state index contributed by atoms with van der Waals surface area (Å²) in [4.78, 5) is 14.4. The van der Waals surface area contributed by atoms with Gasteiger partial charge in [-0.15, -0.1) is 0 Å². The Morgan fingerprint density at radius 2 is 1.96 bits per heavy atom. The van der Waals surface area contributed by atoms with Crippen molar-refractivity contribution in [2.45, 2.75) is 32.3 Å². The average Bonchev–Trinajstić information content (AvgIpc) is 3.15. The van der Waals surface area contributed by atoms with E-state index in [1.165, 1.54) is 12.1 Å². The van der Waals surface area contributed by atoms with Crippen LogP contribution >= 0.6 is 0 Å². The van der Waals surface area contributed by atoms with Crippen LogP contribution in [0.1, 0.15) is 31.2 Å². The third-order valence-corrected chi connectivity index (χ3v) is 5.06. The van der Waals surface area contributed by atoms with E-state index in [4.69, 9.17) is 9.47 Å². The summed E-state index contributed by atoms with van der Waals surface area (Å²) in [6.45, 7) is 4.27. The molecule has 2 heterocycles. The number of carbonyl (C=O) groups excluding carboxylic acids is 1. The number of piperidine rings is 1. The highest BCUT2D eigenvalue weighted by atomic mass is 19.1. The van der Waals surface area contributed by atoms with Gasteiger partial charge in [0.1, 0.15) is 5.82 Å². The van der Waals surface area contributed by atoms with E-state index in [0.717, 1.165) is 50.9 Å². The molecule has 0 aromatic heterocycles. The molecule has 0 spiro atoms. The largest absolute Gasteiger partial charge is 0.381 e. The monoisotopic (exact) mass is 335 g/mol. The van der Waals surface area contributed by atoms with Gasteiger partial charge in [-0.3, -0.25) is 4.79 Å². The first-order chi connectivity index (χ1) is 11.7. The minimum Gasteiger partial charge on any atom is -0.381 e. The number of amides is 1. The molecule has 0 unspecified atom stereocenters. The summed E-state index contributed by atoms with van der Waals surface area (Å²) in [6, 6.07) is 6.43. The summed E-state index contributed by atoms with van der Waals surface area (Å²) in [5.41, 5.74) is 0.996. The van der Waals surface area contributed by atoms with Crippen LogP contribution in [0.3, 0.4) is 0 Å². The molecule has 0 radical (unpaired) electrons. The molecule has 0 aliphatic carbocycles. The van der Waals surface area contributed by atoms with Gasteiger partial charge in [0.2, 0.25) is 5.91 Å². The van der Waals surface area contributed by atoms with Crippen molar-refractivity contribution < 1.29 is 18.7 Å². The van der Waals surface area contributed by atoms with Crippen molar-refractivity contribution in [1.82, 2.24) is 4.90 Å². The standard InChI is InChI=1S/C19H26FNO3/c20-18-3-1-16(2-4-18)13-23-11-7-15-5-9-21(10-6-15)19(22)17-8-12-24-14-17/h1-4,15,17H,5-14H2/t17-/m0/s1. The predicted molar refractivity (Wildman–Crippen MR) is 88.9 cm³/mol. The lowest BCUT2D eigenvalue weighted by molar-refractivity contribution is -0.137. The third-order valence-electron chi connectivity index (χ3n) is 5.06. The number of hydrogen-bond acceptors (Lipinski definition) is 3. The van der Waals surface area contributed by atoms with E-state index in [2.05, 4.69) is 0 Å².